The molecule has 2 aromatic carbocycles. The third-order valence-corrected chi connectivity index (χ3v) is 4.38. The molecule has 0 aliphatic heterocycles. The third-order valence-electron chi connectivity index (χ3n) is 4.38. The third kappa shape index (κ3) is 4.70. The molecule has 0 saturated carbocycles. The molecule has 4 rings (SSSR count). The fourth-order valence-electron chi connectivity index (χ4n) is 2.88. The maximum atomic E-state index is 5.82. The topological polar surface area (TPSA) is 75.8 Å². The Kier molecular flexibility index (Phi) is 5.66. The molecule has 7 heteroatoms. The van der Waals surface area contributed by atoms with Crippen LogP contribution in [-0.2, 0) is 13.1 Å². The van der Waals surface area contributed by atoms with E-state index >= 15 is 0 Å². The summed E-state index contributed by atoms with van der Waals surface area (Å²) in [6.07, 6.45) is 1.95. The standard InChI is InChI=1S/C22H22N6O/c1-23-22(25-16-21-27-26-20-9-5-6-14-28(20)21)24-15-17-10-12-19(13-11-17)29-18-7-3-2-4-8-18/h2-14H,15-16H2,1H3,(H2,23,24,25). The molecule has 7 nitrogen and oxygen atoms in total. The van der Waals surface area contributed by atoms with Gasteiger partial charge in [-0.15, -0.1) is 10.2 Å². The van der Waals surface area contributed by atoms with Crippen LogP contribution in [0.3, 0.4) is 0 Å². The Bertz CT molecular complexity index is 1090. The average Bonchev–Trinajstić information content (AvgIpc) is 3.19. The summed E-state index contributed by atoms with van der Waals surface area (Å²) in [6.45, 7) is 1.17. The molecule has 0 fully saturated rings. The summed E-state index contributed by atoms with van der Waals surface area (Å²) in [5.74, 6) is 3.15. The van der Waals surface area contributed by atoms with Crippen molar-refractivity contribution in [3.8, 4) is 11.5 Å². The van der Waals surface area contributed by atoms with Gasteiger partial charge in [-0.1, -0.05) is 36.4 Å². The Morgan fingerprint density at radius 1 is 0.862 bits per heavy atom. The lowest BCUT2D eigenvalue weighted by Gasteiger charge is -2.12. The van der Waals surface area contributed by atoms with Crippen molar-refractivity contribution in [2.45, 2.75) is 13.1 Å². The monoisotopic (exact) mass is 386 g/mol. The van der Waals surface area contributed by atoms with Gasteiger partial charge in [-0.05, 0) is 42.0 Å². The molecule has 0 saturated heterocycles. The number of rotatable bonds is 6. The lowest BCUT2D eigenvalue weighted by Crippen LogP contribution is -2.36. The van der Waals surface area contributed by atoms with Gasteiger partial charge in [-0.2, -0.15) is 0 Å². The van der Waals surface area contributed by atoms with E-state index in [-0.39, 0.29) is 0 Å². The van der Waals surface area contributed by atoms with Crippen molar-refractivity contribution in [2.24, 2.45) is 4.99 Å². The van der Waals surface area contributed by atoms with Crippen LogP contribution in [0.5, 0.6) is 11.5 Å². The van der Waals surface area contributed by atoms with Gasteiger partial charge in [0, 0.05) is 19.8 Å². The van der Waals surface area contributed by atoms with Crippen molar-refractivity contribution in [3.05, 3.63) is 90.4 Å². The van der Waals surface area contributed by atoms with Crippen LogP contribution in [0.15, 0.2) is 84.0 Å². The van der Waals surface area contributed by atoms with Gasteiger partial charge in [0.1, 0.15) is 11.5 Å². The van der Waals surface area contributed by atoms with Crippen LogP contribution in [0, 0.1) is 0 Å². The van der Waals surface area contributed by atoms with Gasteiger partial charge in [-0.3, -0.25) is 9.39 Å². The zero-order valence-corrected chi connectivity index (χ0v) is 16.1. The number of nitrogens with one attached hydrogen (secondary N) is 2. The molecule has 146 valence electrons. The van der Waals surface area contributed by atoms with Gasteiger partial charge in [0.2, 0.25) is 0 Å². The second-order valence-electron chi connectivity index (χ2n) is 6.38. The van der Waals surface area contributed by atoms with Crippen molar-refractivity contribution in [1.29, 1.82) is 0 Å². The Hall–Kier alpha value is -3.87. The Balaban J connectivity index is 1.30. The van der Waals surface area contributed by atoms with E-state index in [9.17, 15) is 0 Å². The van der Waals surface area contributed by atoms with Crippen LogP contribution in [0.2, 0.25) is 0 Å². The highest BCUT2D eigenvalue weighted by atomic mass is 16.5. The van der Waals surface area contributed by atoms with E-state index in [4.69, 9.17) is 4.74 Å². The summed E-state index contributed by atoms with van der Waals surface area (Å²) in [5, 5.41) is 14.9. The number of aromatic nitrogens is 3. The quantitative estimate of drug-likeness (QED) is 0.392. The highest BCUT2D eigenvalue weighted by Crippen LogP contribution is 2.21. The van der Waals surface area contributed by atoms with Crippen molar-refractivity contribution >= 4 is 11.6 Å². The van der Waals surface area contributed by atoms with E-state index in [1.807, 2.05) is 83.4 Å². The van der Waals surface area contributed by atoms with Crippen LogP contribution in [-0.4, -0.2) is 27.6 Å². The van der Waals surface area contributed by atoms with Crippen molar-refractivity contribution in [3.63, 3.8) is 0 Å². The summed E-state index contributed by atoms with van der Waals surface area (Å²) in [6, 6.07) is 23.6. The van der Waals surface area contributed by atoms with Crippen molar-refractivity contribution < 1.29 is 4.74 Å². The van der Waals surface area contributed by atoms with E-state index in [1.165, 1.54) is 0 Å². The first-order valence-corrected chi connectivity index (χ1v) is 9.37. The molecule has 4 aromatic rings. The number of aliphatic imine (C=N–C) groups is 1. The molecular formula is C22H22N6O. The molecule has 0 bridgehead atoms. The molecule has 0 unspecified atom stereocenters. The zero-order valence-electron chi connectivity index (χ0n) is 16.1. The Labute approximate surface area is 169 Å². The van der Waals surface area contributed by atoms with Crippen LogP contribution in [0.25, 0.3) is 5.65 Å². The molecule has 0 radical (unpaired) electrons. The summed E-state index contributed by atoms with van der Waals surface area (Å²) in [7, 11) is 1.74. The normalized spacial score (nSPS) is 11.4. The van der Waals surface area contributed by atoms with Gasteiger partial charge >= 0.3 is 0 Å². The van der Waals surface area contributed by atoms with Gasteiger partial charge in [0.15, 0.2) is 17.4 Å². The number of nitrogens with zero attached hydrogens (tertiary/aromatic N) is 4. The maximum Gasteiger partial charge on any atom is 0.191 e. The van der Waals surface area contributed by atoms with Gasteiger partial charge < -0.3 is 15.4 Å². The lowest BCUT2D eigenvalue weighted by molar-refractivity contribution is 0.482. The number of fused-ring (bicyclic) bond motifs is 1. The van der Waals surface area contributed by atoms with E-state index in [0.29, 0.717) is 19.0 Å². The fraction of sp³-hybridized carbons (Fsp3) is 0.136. The minimum Gasteiger partial charge on any atom is -0.457 e. The average molecular weight is 386 g/mol. The molecule has 2 aromatic heterocycles. The van der Waals surface area contributed by atoms with Crippen molar-refractivity contribution in [1.82, 2.24) is 25.2 Å². The number of hydrogen-bond donors (Lipinski definition) is 2. The summed E-state index contributed by atoms with van der Waals surface area (Å²) >= 11 is 0. The number of benzene rings is 2. The smallest absolute Gasteiger partial charge is 0.191 e. The molecule has 0 aliphatic rings. The van der Waals surface area contributed by atoms with E-state index in [1.54, 1.807) is 7.05 Å². The second-order valence-corrected chi connectivity index (χ2v) is 6.38. The minimum absolute atomic E-state index is 0.523. The fourth-order valence-corrected chi connectivity index (χ4v) is 2.88. The number of pyridine rings is 1. The molecule has 0 spiro atoms. The summed E-state index contributed by atoms with van der Waals surface area (Å²) in [4.78, 5) is 4.27. The lowest BCUT2D eigenvalue weighted by atomic mass is 10.2. The molecule has 2 N–H and O–H groups in total. The highest BCUT2D eigenvalue weighted by Gasteiger charge is 2.06. The number of hydrogen-bond acceptors (Lipinski definition) is 4. The first-order chi connectivity index (χ1) is 14.3. The van der Waals surface area contributed by atoms with E-state index < -0.39 is 0 Å². The first kappa shape index (κ1) is 18.5. The zero-order chi connectivity index (χ0) is 19.9. The number of guanidine groups is 1. The molecule has 29 heavy (non-hydrogen) atoms. The van der Waals surface area contributed by atoms with Gasteiger partial charge in [-0.25, -0.2) is 0 Å². The molecular weight excluding hydrogens is 364 g/mol. The summed E-state index contributed by atoms with van der Waals surface area (Å²) < 4.78 is 7.77. The predicted octanol–water partition coefficient (Wildman–Crippen LogP) is 3.39. The van der Waals surface area contributed by atoms with Crippen LogP contribution < -0.4 is 15.4 Å². The Morgan fingerprint density at radius 2 is 1.59 bits per heavy atom. The van der Waals surface area contributed by atoms with E-state index in [0.717, 1.165) is 28.5 Å². The van der Waals surface area contributed by atoms with Crippen LogP contribution in [0.1, 0.15) is 11.4 Å². The maximum absolute atomic E-state index is 5.82. The molecule has 0 aliphatic carbocycles. The minimum atomic E-state index is 0.523. The van der Waals surface area contributed by atoms with Gasteiger partial charge in [0.05, 0.1) is 6.54 Å². The van der Waals surface area contributed by atoms with Gasteiger partial charge in [0.25, 0.3) is 0 Å². The number of para-hydroxylation sites is 1. The number of ether oxygens (including phenoxy) is 1. The molecule has 2 heterocycles. The highest BCUT2D eigenvalue weighted by molar-refractivity contribution is 5.79. The van der Waals surface area contributed by atoms with Crippen LogP contribution >= 0.6 is 0 Å². The first-order valence-electron chi connectivity index (χ1n) is 9.37. The molecule has 0 atom stereocenters. The second kappa shape index (κ2) is 8.88. The predicted molar refractivity (Wildman–Crippen MR) is 113 cm³/mol. The van der Waals surface area contributed by atoms with E-state index in [2.05, 4.69) is 25.8 Å². The largest absolute Gasteiger partial charge is 0.457 e. The summed E-state index contributed by atoms with van der Waals surface area (Å²) in [5.41, 5.74) is 1.95. The SMILES string of the molecule is CN=C(NCc1ccc(Oc2ccccc2)cc1)NCc1nnc2ccccn12. The molecule has 0 amide bonds. The van der Waals surface area contributed by atoms with Crippen molar-refractivity contribution in [2.75, 3.05) is 7.05 Å². The van der Waals surface area contributed by atoms with Crippen LogP contribution in [0.4, 0.5) is 0 Å². The Morgan fingerprint density at radius 3 is 2.38 bits per heavy atom.